The minimum atomic E-state index is -3.06. The zero-order valence-corrected chi connectivity index (χ0v) is 34.8. The van der Waals surface area contributed by atoms with E-state index in [1.807, 2.05) is 105 Å². The number of fused-ring (bicyclic) bond motifs is 4. The molecule has 3 aliphatic rings. The van der Waals surface area contributed by atoms with Gasteiger partial charge in [-0.15, -0.1) is 5.10 Å². The van der Waals surface area contributed by atoms with E-state index in [4.69, 9.17) is 9.47 Å². The topological polar surface area (TPSA) is 173 Å². The summed E-state index contributed by atoms with van der Waals surface area (Å²) in [7, 11) is -3.06. The van der Waals surface area contributed by atoms with Crippen LogP contribution in [0.2, 0.25) is 18.6 Å². The lowest BCUT2D eigenvalue weighted by molar-refractivity contribution is -0.385. The first-order valence-electron chi connectivity index (χ1n) is 20.2. The normalized spacial score (nSPS) is 21.2. The molecule has 2 amide bonds. The molecule has 5 aromatic carbocycles. The molecule has 15 heteroatoms. The van der Waals surface area contributed by atoms with Crippen molar-refractivity contribution in [1.29, 1.82) is 0 Å². The van der Waals surface area contributed by atoms with Gasteiger partial charge in [0.05, 0.1) is 52.7 Å². The van der Waals surface area contributed by atoms with E-state index in [1.165, 1.54) is 12.1 Å². The number of carbonyl (C=O) groups is 2. The second-order valence-corrected chi connectivity index (χ2v) is 20.4. The van der Waals surface area contributed by atoms with Crippen molar-refractivity contribution in [3.63, 3.8) is 0 Å². The molecular formula is C46H44N6O8Si. The molecule has 4 heterocycles. The van der Waals surface area contributed by atoms with Crippen molar-refractivity contribution >= 4 is 42.9 Å². The van der Waals surface area contributed by atoms with Crippen LogP contribution in [0.5, 0.6) is 11.5 Å². The summed E-state index contributed by atoms with van der Waals surface area (Å²) in [6.07, 6.45) is 1.56. The Hall–Kier alpha value is -6.52. The average molecular weight is 837 g/mol. The van der Waals surface area contributed by atoms with Gasteiger partial charge in [-0.25, -0.2) is 0 Å². The van der Waals surface area contributed by atoms with E-state index >= 15 is 4.79 Å². The van der Waals surface area contributed by atoms with Gasteiger partial charge < -0.3 is 24.3 Å². The first-order valence-corrected chi connectivity index (χ1v) is 23.3. The Morgan fingerprint density at radius 3 is 2.33 bits per heavy atom. The first kappa shape index (κ1) is 39.9. The highest BCUT2D eigenvalue weighted by molar-refractivity contribution is 6.71. The zero-order chi connectivity index (χ0) is 42.6. The van der Waals surface area contributed by atoms with Gasteiger partial charge in [0, 0.05) is 47.6 Å². The number of nitro benzene ring substituents is 1. The van der Waals surface area contributed by atoms with Crippen LogP contribution in [0.15, 0.2) is 128 Å². The molecule has 1 spiro atoms. The minimum absolute atomic E-state index is 0.114. The number of anilines is 3. The fraction of sp³-hybridized carbons (Fsp3) is 0.261. The largest absolute Gasteiger partial charge is 0.454 e. The predicted molar refractivity (Wildman–Crippen MR) is 229 cm³/mol. The van der Waals surface area contributed by atoms with Crippen LogP contribution in [0.1, 0.15) is 52.0 Å². The smallest absolute Gasteiger partial charge is 0.269 e. The summed E-state index contributed by atoms with van der Waals surface area (Å²) in [4.78, 5) is 55.9. The van der Waals surface area contributed by atoms with Crippen LogP contribution in [-0.4, -0.2) is 62.7 Å². The Kier molecular flexibility index (Phi) is 10.1. The van der Waals surface area contributed by atoms with E-state index in [9.17, 15) is 24.8 Å². The number of amides is 2. The van der Waals surface area contributed by atoms with Crippen molar-refractivity contribution in [1.82, 2.24) is 15.0 Å². The molecule has 1 aromatic heterocycles. The molecule has 1 fully saturated rings. The zero-order valence-electron chi connectivity index (χ0n) is 33.8. The summed E-state index contributed by atoms with van der Waals surface area (Å²) >= 11 is 0. The van der Waals surface area contributed by atoms with Crippen molar-refractivity contribution < 1.29 is 33.9 Å². The molecule has 14 nitrogen and oxygen atoms in total. The molecule has 0 radical (unpaired) electrons. The van der Waals surface area contributed by atoms with Crippen molar-refractivity contribution in [2.75, 3.05) is 16.4 Å². The van der Waals surface area contributed by atoms with E-state index in [1.54, 1.807) is 44.9 Å². The number of hydrogen-bond donors (Lipinski definition) is 2. The van der Waals surface area contributed by atoms with Gasteiger partial charge in [0.25, 0.3) is 17.5 Å². The fourth-order valence-corrected chi connectivity index (χ4v) is 12.1. The minimum Gasteiger partial charge on any atom is -0.454 e. The number of carbonyl (C=O) groups excluding carboxylic acids is 2. The van der Waals surface area contributed by atoms with Gasteiger partial charge in [-0.2, -0.15) is 0 Å². The summed E-state index contributed by atoms with van der Waals surface area (Å²) in [5.41, 5.74) is 2.54. The van der Waals surface area contributed by atoms with E-state index < -0.39 is 36.4 Å². The van der Waals surface area contributed by atoms with E-state index in [2.05, 4.69) is 10.3 Å². The monoisotopic (exact) mass is 836 g/mol. The number of nitro groups is 1. The standard InChI is InChI=1S/C46H44N6O8Si/c1-29-43(61(2,3)58)42(23-24-49-27-37(47-48-49)35(28-53)31-11-5-4-6-12-31)60-46(29)36-25-33(52(56)57)21-22-38(36)50(45(46)55)26-30-17-19-32(20-18-30)51-39-14-8-10-16-41(39)59-40-15-9-7-13-34(40)44(51)54/h4-22,25,27,29,35,42-43,53,58H,23-24,26,28H2,1-3H3/t29-,35?,42+,43-,46+/m0/s1. The number of benzene rings is 5. The number of para-hydroxylation sites is 3. The number of aliphatic hydroxyl groups is 1. The number of nitrogens with zero attached hydrogens (tertiary/aromatic N) is 6. The SMILES string of the molecule is C[C@H]1[C@H]([Si](C)(C)O)[C@@H](CCn2cc(C(CO)c3ccccc3)nn2)O[C@]12C(=O)N(Cc1ccc(N3C(=O)c4ccccc4Oc4ccccc43)cc1)c1ccc([N+](=O)[O-])cc12. The summed E-state index contributed by atoms with van der Waals surface area (Å²) in [6, 6.07) is 35.8. The molecule has 9 rings (SSSR count). The Morgan fingerprint density at radius 1 is 0.902 bits per heavy atom. The third-order valence-corrected chi connectivity index (χ3v) is 14.8. The third-order valence-electron chi connectivity index (χ3n) is 12.3. The molecule has 0 saturated carbocycles. The average Bonchev–Trinajstić information content (AvgIpc) is 3.89. The van der Waals surface area contributed by atoms with Crippen LogP contribution < -0.4 is 14.5 Å². The predicted octanol–water partition coefficient (Wildman–Crippen LogP) is 7.83. The lowest BCUT2D eigenvalue weighted by Crippen LogP contribution is -2.46. The number of rotatable bonds is 11. The highest BCUT2D eigenvalue weighted by Crippen LogP contribution is 2.60. The number of ether oxygens (including phenoxy) is 2. The van der Waals surface area contributed by atoms with Crippen LogP contribution in [0.25, 0.3) is 0 Å². The van der Waals surface area contributed by atoms with Crippen LogP contribution in [0.4, 0.5) is 22.7 Å². The lowest BCUT2D eigenvalue weighted by Gasteiger charge is -2.32. The molecule has 3 aliphatic heterocycles. The number of hydrogen-bond acceptors (Lipinski definition) is 10. The van der Waals surface area contributed by atoms with Gasteiger partial charge >= 0.3 is 0 Å². The maximum Gasteiger partial charge on any atom is 0.269 e. The van der Waals surface area contributed by atoms with Gasteiger partial charge in [0.2, 0.25) is 0 Å². The van der Waals surface area contributed by atoms with Gasteiger partial charge in [0.1, 0.15) is 5.75 Å². The summed E-state index contributed by atoms with van der Waals surface area (Å²) in [5, 5.41) is 31.1. The molecule has 310 valence electrons. The fourth-order valence-electron chi connectivity index (χ4n) is 9.50. The molecule has 61 heavy (non-hydrogen) atoms. The Morgan fingerprint density at radius 2 is 1.61 bits per heavy atom. The summed E-state index contributed by atoms with van der Waals surface area (Å²) < 4.78 is 14.8. The number of aryl methyl sites for hydroxylation is 1. The van der Waals surface area contributed by atoms with Crippen LogP contribution >= 0.6 is 0 Å². The highest BCUT2D eigenvalue weighted by atomic mass is 28.4. The molecule has 6 aromatic rings. The van der Waals surface area contributed by atoms with Crippen molar-refractivity contribution in [3.05, 3.63) is 166 Å². The number of aromatic nitrogens is 3. The second-order valence-electron chi connectivity index (χ2n) is 16.4. The second kappa shape index (κ2) is 15.5. The lowest BCUT2D eigenvalue weighted by atomic mass is 9.82. The Balaban J connectivity index is 1.02. The molecule has 5 atom stereocenters. The molecule has 1 unspecified atom stereocenters. The molecule has 0 bridgehead atoms. The quantitative estimate of drug-likeness (QED) is 0.0744. The third kappa shape index (κ3) is 6.88. The van der Waals surface area contributed by atoms with E-state index in [0.29, 0.717) is 58.3 Å². The molecule has 2 N–H and O–H groups in total. The first-order chi connectivity index (χ1) is 29.4. The highest BCUT2D eigenvalue weighted by Gasteiger charge is 2.66. The van der Waals surface area contributed by atoms with Crippen molar-refractivity contribution in [2.24, 2.45) is 5.92 Å². The number of non-ortho nitro benzene ring substituents is 1. The Bertz CT molecular complexity index is 2650. The molecular weight excluding hydrogens is 793 g/mol. The van der Waals surface area contributed by atoms with Crippen molar-refractivity contribution in [3.8, 4) is 11.5 Å². The van der Waals surface area contributed by atoms with Crippen molar-refractivity contribution in [2.45, 2.75) is 62.7 Å². The molecule has 1 saturated heterocycles. The van der Waals surface area contributed by atoms with Gasteiger partial charge in [-0.05, 0) is 73.1 Å². The van der Waals surface area contributed by atoms with E-state index in [0.717, 1.165) is 11.1 Å². The van der Waals surface area contributed by atoms with Gasteiger partial charge in [0.15, 0.2) is 19.7 Å². The maximum absolute atomic E-state index is 15.1. The van der Waals surface area contributed by atoms with Crippen LogP contribution in [0, 0.1) is 16.0 Å². The maximum atomic E-state index is 15.1. The summed E-state index contributed by atoms with van der Waals surface area (Å²) in [6.45, 7) is 5.87. The number of aliphatic hydroxyl groups excluding tert-OH is 1. The van der Waals surface area contributed by atoms with Gasteiger partial charge in [-0.1, -0.05) is 78.9 Å². The summed E-state index contributed by atoms with van der Waals surface area (Å²) in [5.74, 6) is -0.534. The van der Waals surface area contributed by atoms with Crippen LogP contribution in [0.3, 0.4) is 0 Å². The van der Waals surface area contributed by atoms with E-state index in [-0.39, 0.29) is 36.6 Å². The van der Waals surface area contributed by atoms with Crippen LogP contribution in [-0.2, 0) is 28.2 Å². The van der Waals surface area contributed by atoms with Gasteiger partial charge in [-0.3, -0.25) is 29.3 Å². The Labute approximate surface area is 352 Å². The molecule has 0 aliphatic carbocycles.